The zero-order chi connectivity index (χ0) is 19.1. The number of hydrogen-bond acceptors (Lipinski definition) is 4. The first-order chi connectivity index (χ1) is 12.2. The lowest BCUT2D eigenvalue weighted by Crippen LogP contribution is -2.29. The minimum atomic E-state index is -4.70. The summed E-state index contributed by atoms with van der Waals surface area (Å²) in [5.41, 5.74) is -0.512. The molecule has 1 aliphatic heterocycles. The molecule has 5 nitrogen and oxygen atoms in total. The molecule has 0 saturated carbocycles. The van der Waals surface area contributed by atoms with E-state index >= 15 is 0 Å². The SMILES string of the molecule is [B]c1ncc(C(F)(F)F)c(Nc2cccc3c2C(=O)N(CCF)C3C)n1. The third-order valence-corrected chi connectivity index (χ3v) is 4.18. The fourth-order valence-electron chi connectivity index (χ4n) is 2.96. The number of nitrogens with zero attached hydrogens (tertiary/aromatic N) is 3. The lowest BCUT2D eigenvalue weighted by atomic mass is 10.0. The topological polar surface area (TPSA) is 58.1 Å². The van der Waals surface area contributed by atoms with Gasteiger partial charge in [-0.15, -0.1) is 0 Å². The summed E-state index contributed by atoms with van der Waals surface area (Å²) in [6, 6.07) is 4.36. The van der Waals surface area contributed by atoms with E-state index in [0.29, 0.717) is 11.8 Å². The van der Waals surface area contributed by atoms with Crippen molar-refractivity contribution in [3.05, 3.63) is 41.1 Å². The standard InChI is InChI=1S/C16H13BF4N4O/c1-8-9-3-2-4-11(12(9)14(26)25(8)6-5-18)23-13-10(16(19,20)21)7-22-15(17)24-13/h2-4,7-8H,5-6H2,1H3,(H,22,23,24). The first kappa shape index (κ1) is 18.2. The molecule has 2 radical (unpaired) electrons. The quantitative estimate of drug-likeness (QED) is 0.669. The number of anilines is 2. The molecule has 1 unspecified atom stereocenters. The molecule has 0 fully saturated rings. The molecule has 0 aliphatic carbocycles. The van der Waals surface area contributed by atoms with Crippen molar-refractivity contribution < 1.29 is 22.4 Å². The summed E-state index contributed by atoms with van der Waals surface area (Å²) < 4.78 is 52.3. The van der Waals surface area contributed by atoms with Crippen LogP contribution < -0.4 is 11.0 Å². The van der Waals surface area contributed by atoms with Gasteiger partial charge in [-0.3, -0.25) is 9.78 Å². The summed E-state index contributed by atoms with van der Waals surface area (Å²) in [7, 11) is 5.40. The predicted molar refractivity (Wildman–Crippen MR) is 87.6 cm³/mol. The van der Waals surface area contributed by atoms with Crippen LogP contribution in [-0.4, -0.2) is 41.8 Å². The summed E-state index contributed by atoms with van der Waals surface area (Å²) in [5, 5.41) is 2.54. The number of alkyl halides is 4. The Bertz CT molecular complexity index is 859. The third kappa shape index (κ3) is 3.11. The van der Waals surface area contributed by atoms with Crippen molar-refractivity contribution in [1.82, 2.24) is 14.9 Å². The Balaban J connectivity index is 2.05. The Labute approximate surface area is 147 Å². The van der Waals surface area contributed by atoms with Crippen LogP contribution in [0.3, 0.4) is 0 Å². The molecule has 10 heteroatoms. The number of fused-ring (bicyclic) bond motifs is 1. The molecular weight excluding hydrogens is 351 g/mol. The second kappa shape index (κ2) is 6.58. The molecule has 0 bridgehead atoms. The van der Waals surface area contributed by atoms with Crippen LogP contribution in [0.4, 0.5) is 29.1 Å². The lowest BCUT2D eigenvalue weighted by Gasteiger charge is -2.20. The molecule has 0 saturated heterocycles. The van der Waals surface area contributed by atoms with Crippen molar-refractivity contribution in [2.45, 2.75) is 19.1 Å². The number of carbonyl (C=O) groups is 1. The molecule has 0 spiro atoms. The number of carbonyl (C=O) groups excluding carboxylic acids is 1. The Kier molecular flexibility index (Phi) is 4.60. The van der Waals surface area contributed by atoms with Gasteiger partial charge in [0.05, 0.1) is 23.0 Å². The van der Waals surface area contributed by atoms with Crippen LogP contribution in [-0.2, 0) is 6.18 Å². The van der Waals surface area contributed by atoms with Crippen molar-refractivity contribution in [1.29, 1.82) is 0 Å². The molecule has 1 amide bonds. The lowest BCUT2D eigenvalue weighted by molar-refractivity contribution is -0.137. The first-order valence-corrected chi connectivity index (χ1v) is 7.70. The molecule has 134 valence electrons. The molecule has 1 aromatic carbocycles. The van der Waals surface area contributed by atoms with E-state index in [1.54, 1.807) is 19.1 Å². The van der Waals surface area contributed by atoms with Crippen LogP contribution in [0.25, 0.3) is 0 Å². The van der Waals surface area contributed by atoms with E-state index in [1.165, 1.54) is 11.0 Å². The normalized spacial score (nSPS) is 16.7. The average molecular weight is 364 g/mol. The van der Waals surface area contributed by atoms with Crippen LogP contribution in [0.5, 0.6) is 0 Å². The van der Waals surface area contributed by atoms with Gasteiger partial charge in [0.1, 0.15) is 18.1 Å². The molecule has 26 heavy (non-hydrogen) atoms. The van der Waals surface area contributed by atoms with Gasteiger partial charge in [-0.1, -0.05) is 12.1 Å². The Morgan fingerprint density at radius 3 is 2.73 bits per heavy atom. The fourth-order valence-corrected chi connectivity index (χ4v) is 2.96. The van der Waals surface area contributed by atoms with Gasteiger partial charge in [-0.25, -0.2) is 9.37 Å². The predicted octanol–water partition coefficient (Wildman–Crippen LogP) is 2.52. The van der Waals surface area contributed by atoms with E-state index in [0.717, 1.165) is 0 Å². The molecule has 1 N–H and O–H groups in total. The van der Waals surface area contributed by atoms with Crippen molar-refractivity contribution in [3.63, 3.8) is 0 Å². The fraction of sp³-hybridized carbons (Fsp3) is 0.312. The van der Waals surface area contributed by atoms with E-state index in [1.807, 2.05) is 0 Å². The average Bonchev–Trinajstić information content (AvgIpc) is 2.80. The number of nitrogens with one attached hydrogen (secondary N) is 1. The number of benzene rings is 1. The van der Waals surface area contributed by atoms with Gasteiger partial charge >= 0.3 is 6.18 Å². The van der Waals surface area contributed by atoms with Crippen molar-refractivity contribution in [2.24, 2.45) is 0 Å². The first-order valence-electron chi connectivity index (χ1n) is 7.70. The zero-order valence-corrected chi connectivity index (χ0v) is 13.6. The Hall–Kier alpha value is -2.65. The number of aromatic nitrogens is 2. The molecule has 1 atom stereocenters. The van der Waals surface area contributed by atoms with E-state index in [2.05, 4.69) is 15.3 Å². The van der Waals surface area contributed by atoms with Gasteiger partial charge in [-0.05, 0) is 18.6 Å². The zero-order valence-electron chi connectivity index (χ0n) is 13.6. The van der Waals surface area contributed by atoms with Crippen molar-refractivity contribution in [3.8, 4) is 0 Å². The molecule has 3 rings (SSSR count). The number of rotatable bonds is 4. The molecule has 1 aromatic heterocycles. The second-order valence-corrected chi connectivity index (χ2v) is 5.75. The van der Waals surface area contributed by atoms with E-state index in [4.69, 9.17) is 7.85 Å². The van der Waals surface area contributed by atoms with E-state index in [9.17, 15) is 22.4 Å². The number of hydrogen-bond donors (Lipinski definition) is 1. The van der Waals surface area contributed by atoms with Crippen LogP contribution >= 0.6 is 0 Å². The smallest absolute Gasteiger partial charge is 0.339 e. The third-order valence-electron chi connectivity index (χ3n) is 4.18. The summed E-state index contributed by atoms with van der Waals surface area (Å²) in [6.45, 7) is 0.920. The second-order valence-electron chi connectivity index (χ2n) is 5.75. The number of halogens is 4. The molecule has 2 aromatic rings. The molecule has 1 aliphatic rings. The number of amides is 1. The molecule has 2 heterocycles. The van der Waals surface area contributed by atoms with Gasteiger partial charge in [0.15, 0.2) is 7.85 Å². The van der Waals surface area contributed by atoms with Crippen LogP contribution in [0.2, 0.25) is 0 Å². The highest BCUT2D eigenvalue weighted by Crippen LogP contribution is 2.39. The van der Waals surface area contributed by atoms with Crippen LogP contribution in [0, 0.1) is 0 Å². The Morgan fingerprint density at radius 2 is 2.08 bits per heavy atom. The monoisotopic (exact) mass is 364 g/mol. The van der Waals surface area contributed by atoms with E-state index < -0.39 is 30.1 Å². The van der Waals surface area contributed by atoms with Gasteiger partial charge < -0.3 is 10.2 Å². The maximum atomic E-state index is 13.2. The minimum Gasteiger partial charge on any atom is -0.339 e. The highest BCUT2D eigenvalue weighted by Gasteiger charge is 2.38. The minimum absolute atomic E-state index is 0.0949. The molecular formula is C16H13BF4N4O. The summed E-state index contributed by atoms with van der Waals surface area (Å²) in [6.07, 6.45) is -4.13. The summed E-state index contributed by atoms with van der Waals surface area (Å²) in [4.78, 5) is 20.9. The summed E-state index contributed by atoms with van der Waals surface area (Å²) in [5.74, 6) is -1.01. The summed E-state index contributed by atoms with van der Waals surface area (Å²) >= 11 is 0. The highest BCUT2D eigenvalue weighted by atomic mass is 19.4. The largest absolute Gasteiger partial charge is 0.421 e. The highest BCUT2D eigenvalue weighted by molar-refractivity contribution is 6.29. The van der Waals surface area contributed by atoms with Gasteiger partial charge in [0.25, 0.3) is 5.91 Å². The van der Waals surface area contributed by atoms with Crippen LogP contribution in [0.15, 0.2) is 24.4 Å². The van der Waals surface area contributed by atoms with Gasteiger partial charge in [0.2, 0.25) is 0 Å². The maximum Gasteiger partial charge on any atom is 0.421 e. The van der Waals surface area contributed by atoms with Crippen molar-refractivity contribution in [2.75, 3.05) is 18.5 Å². The van der Waals surface area contributed by atoms with E-state index in [-0.39, 0.29) is 29.6 Å². The van der Waals surface area contributed by atoms with Crippen LogP contribution in [0.1, 0.15) is 34.5 Å². The van der Waals surface area contributed by atoms with Crippen molar-refractivity contribution >= 4 is 31.0 Å². The van der Waals surface area contributed by atoms with Gasteiger partial charge in [0, 0.05) is 12.7 Å². The Morgan fingerprint density at radius 1 is 1.35 bits per heavy atom. The van der Waals surface area contributed by atoms with Gasteiger partial charge in [-0.2, -0.15) is 13.2 Å². The maximum absolute atomic E-state index is 13.2.